The van der Waals surface area contributed by atoms with Crippen LogP contribution in [-0.2, 0) is 17.6 Å². The first-order valence-corrected chi connectivity index (χ1v) is 7.62. The van der Waals surface area contributed by atoms with Gasteiger partial charge in [-0.1, -0.05) is 18.5 Å². The molecule has 1 aliphatic heterocycles. The molecule has 0 fully saturated rings. The SMILES string of the molecule is CNC(Cc1cc(Cl)cc2c1OCC2)CC(C)COC. The van der Waals surface area contributed by atoms with Crippen LogP contribution in [0.4, 0.5) is 0 Å². The van der Waals surface area contributed by atoms with E-state index < -0.39 is 0 Å². The summed E-state index contributed by atoms with van der Waals surface area (Å²) in [5, 5.41) is 4.21. The number of rotatable bonds is 7. The zero-order valence-corrected chi connectivity index (χ0v) is 13.3. The number of ether oxygens (including phenoxy) is 2. The van der Waals surface area contributed by atoms with E-state index in [2.05, 4.69) is 12.2 Å². The van der Waals surface area contributed by atoms with E-state index in [9.17, 15) is 0 Å². The second-order valence-corrected chi connectivity index (χ2v) is 6.07. The third-order valence-corrected chi connectivity index (χ3v) is 4.06. The number of hydrogen-bond donors (Lipinski definition) is 1. The molecule has 1 N–H and O–H groups in total. The van der Waals surface area contributed by atoms with Gasteiger partial charge in [-0.3, -0.25) is 0 Å². The summed E-state index contributed by atoms with van der Waals surface area (Å²) in [4.78, 5) is 0. The number of nitrogens with one attached hydrogen (secondary N) is 1. The van der Waals surface area contributed by atoms with Gasteiger partial charge in [-0.05, 0) is 49.1 Å². The molecule has 2 rings (SSSR count). The number of benzene rings is 1. The van der Waals surface area contributed by atoms with Crippen LogP contribution in [0.3, 0.4) is 0 Å². The highest BCUT2D eigenvalue weighted by atomic mass is 35.5. The molecule has 1 aromatic rings. The van der Waals surface area contributed by atoms with Gasteiger partial charge in [0.2, 0.25) is 0 Å². The molecule has 1 aromatic carbocycles. The highest BCUT2D eigenvalue weighted by Crippen LogP contribution is 2.34. The van der Waals surface area contributed by atoms with Crippen molar-refractivity contribution < 1.29 is 9.47 Å². The summed E-state index contributed by atoms with van der Waals surface area (Å²) in [6.07, 6.45) is 2.98. The lowest BCUT2D eigenvalue weighted by atomic mass is 9.95. The fraction of sp³-hybridized carbons (Fsp3) is 0.625. The van der Waals surface area contributed by atoms with Crippen molar-refractivity contribution in [3.63, 3.8) is 0 Å². The van der Waals surface area contributed by atoms with E-state index in [1.807, 2.05) is 19.2 Å². The quantitative estimate of drug-likeness (QED) is 0.839. The molecule has 3 nitrogen and oxygen atoms in total. The van der Waals surface area contributed by atoms with Crippen LogP contribution in [0.2, 0.25) is 5.02 Å². The normalized spacial score (nSPS) is 16.6. The first-order valence-electron chi connectivity index (χ1n) is 7.24. The van der Waals surface area contributed by atoms with E-state index in [0.29, 0.717) is 12.0 Å². The van der Waals surface area contributed by atoms with E-state index in [-0.39, 0.29) is 0 Å². The summed E-state index contributed by atoms with van der Waals surface area (Å²) in [6.45, 7) is 3.78. The maximum absolute atomic E-state index is 6.21. The van der Waals surface area contributed by atoms with E-state index in [1.54, 1.807) is 7.11 Å². The van der Waals surface area contributed by atoms with Crippen molar-refractivity contribution in [1.29, 1.82) is 0 Å². The van der Waals surface area contributed by atoms with Crippen molar-refractivity contribution >= 4 is 11.6 Å². The molecule has 0 amide bonds. The van der Waals surface area contributed by atoms with Gasteiger partial charge in [0.25, 0.3) is 0 Å². The van der Waals surface area contributed by atoms with Crippen molar-refractivity contribution in [2.45, 2.75) is 32.2 Å². The van der Waals surface area contributed by atoms with Crippen LogP contribution in [0.5, 0.6) is 5.75 Å². The van der Waals surface area contributed by atoms with E-state index in [1.165, 1.54) is 11.1 Å². The smallest absolute Gasteiger partial charge is 0.125 e. The van der Waals surface area contributed by atoms with Gasteiger partial charge in [-0.2, -0.15) is 0 Å². The predicted octanol–water partition coefficient (Wildman–Crippen LogP) is 3.08. The zero-order valence-electron chi connectivity index (χ0n) is 12.5. The lowest BCUT2D eigenvalue weighted by Crippen LogP contribution is -2.30. The Morgan fingerprint density at radius 3 is 2.95 bits per heavy atom. The lowest BCUT2D eigenvalue weighted by molar-refractivity contribution is 0.150. The Bertz CT molecular complexity index is 450. The summed E-state index contributed by atoms with van der Waals surface area (Å²) in [5.74, 6) is 1.58. The molecule has 0 saturated carbocycles. The van der Waals surface area contributed by atoms with Crippen LogP contribution in [-0.4, -0.2) is 33.4 Å². The van der Waals surface area contributed by atoms with E-state index >= 15 is 0 Å². The van der Waals surface area contributed by atoms with Crippen LogP contribution in [0.1, 0.15) is 24.5 Å². The van der Waals surface area contributed by atoms with Crippen molar-refractivity contribution in [3.05, 3.63) is 28.3 Å². The molecule has 0 spiro atoms. The van der Waals surface area contributed by atoms with Crippen LogP contribution < -0.4 is 10.1 Å². The van der Waals surface area contributed by atoms with Gasteiger partial charge in [0, 0.05) is 31.2 Å². The monoisotopic (exact) mass is 297 g/mol. The molecule has 1 aliphatic rings. The fourth-order valence-electron chi connectivity index (χ4n) is 2.90. The van der Waals surface area contributed by atoms with Gasteiger partial charge >= 0.3 is 0 Å². The van der Waals surface area contributed by atoms with E-state index in [4.69, 9.17) is 21.1 Å². The Morgan fingerprint density at radius 1 is 1.45 bits per heavy atom. The van der Waals surface area contributed by atoms with Gasteiger partial charge in [-0.25, -0.2) is 0 Å². The number of methoxy groups -OCH3 is 1. The molecule has 2 unspecified atom stereocenters. The second-order valence-electron chi connectivity index (χ2n) is 5.64. The summed E-state index contributed by atoms with van der Waals surface area (Å²) in [7, 11) is 3.76. The van der Waals surface area contributed by atoms with Crippen molar-refractivity contribution in [2.24, 2.45) is 5.92 Å². The van der Waals surface area contributed by atoms with Crippen LogP contribution in [0, 0.1) is 5.92 Å². The van der Waals surface area contributed by atoms with E-state index in [0.717, 1.165) is 43.2 Å². The molecule has 0 saturated heterocycles. The molecular weight excluding hydrogens is 274 g/mol. The molecular formula is C16H24ClNO2. The first-order chi connectivity index (χ1) is 9.63. The van der Waals surface area contributed by atoms with Gasteiger partial charge < -0.3 is 14.8 Å². The van der Waals surface area contributed by atoms with Crippen LogP contribution in [0.25, 0.3) is 0 Å². The Balaban J connectivity index is 2.08. The van der Waals surface area contributed by atoms with Gasteiger partial charge in [0.15, 0.2) is 0 Å². The Kier molecular flexibility index (Phi) is 5.70. The molecule has 112 valence electrons. The predicted molar refractivity (Wildman–Crippen MR) is 82.9 cm³/mol. The second kappa shape index (κ2) is 7.30. The standard InChI is InChI=1S/C16H24ClNO2/c1-11(10-19-3)6-15(18-2)9-13-8-14(17)7-12-4-5-20-16(12)13/h7-8,11,15,18H,4-6,9-10H2,1-3H3. The highest BCUT2D eigenvalue weighted by molar-refractivity contribution is 6.30. The summed E-state index contributed by atoms with van der Waals surface area (Å²) in [5.41, 5.74) is 2.46. The number of fused-ring (bicyclic) bond motifs is 1. The highest BCUT2D eigenvalue weighted by Gasteiger charge is 2.20. The largest absolute Gasteiger partial charge is 0.493 e. The Hall–Kier alpha value is -0.770. The van der Waals surface area contributed by atoms with Gasteiger partial charge in [0.05, 0.1) is 6.61 Å². The zero-order chi connectivity index (χ0) is 14.5. The minimum absolute atomic E-state index is 0.409. The molecule has 4 heteroatoms. The average Bonchev–Trinajstić information content (AvgIpc) is 2.86. The van der Waals surface area contributed by atoms with Crippen molar-refractivity contribution in [1.82, 2.24) is 5.32 Å². The first kappa shape index (κ1) is 15.6. The third kappa shape index (κ3) is 3.87. The minimum atomic E-state index is 0.409. The summed E-state index contributed by atoms with van der Waals surface area (Å²) >= 11 is 6.21. The van der Waals surface area contributed by atoms with Crippen LogP contribution in [0.15, 0.2) is 12.1 Å². The fourth-order valence-corrected chi connectivity index (χ4v) is 3.17. The Labute approximate surface area is 126 Å². The Morgan fingerprint density at radius 2 is 2.25 bits per heavy atom. The molecule has 0 radical (unpaired) electrons. The van der Waals surface area contributed by atoms with Crippen LogP contribution >= 0.6 is 11.6 Å². The van der Waals surface area contributed by atoms with Crippen molar-refractivity contribution in [3.8, 4) is 5.75 Å². The number of hydrogen-bond acceptors (Lipinski definition) is 3. The molecule has 2 atom stereocenters. The number of halogens is 1. The topological polar surface area (TPSA) is 30.5 Å². The lowest BCUT2D eigenvalue weighted by Gasteiger charge is -2.21. The maximum Gasteiger partial charge on any atom is 0.125 e. The molecule has 0 aromatic heterocycles. The van der Waals surface area contributed by atoms with Crippen molar-refractivity contribution in [2.75, 3.05) is 27.4 Å². The van der Waals surface area contributed by atoms with Gasteiger partial charge in [-0.15, -0.1) is 0 Å². The summed E-state index contributed by atoms with van der Waals surface area (Å²) in [6, 6.07) is 4.47. The van der Waals surface area contributed by atoms with Gasteiger partial charge in [0.1, 0.15) is 5.75 Å². The average molecular weight is 298 g/mol. The number of likely N-dealkylation sites (N-methyl/N-ethyl adjacent to an activating group) is 1. The molecule has 20 heavy (non-hydrogen) atoms. The third-order valence-electron chi connectivity index (χ3n) is 3.84. The molecule has 0 bridgehead atoms. The molecule has 1 heterocycles. The minimum Gasteiger partial charge on any atom is -0.493 e. The maximum atomic E-state index is 6.21. The summed E-state index contributed by atoms with van der Waals surface area (Å²) < 4.78 is 11.0. The molecule has 0 aliphatic carbocycles.